The standard InChI is InChI=1S/C28H29N7O3S/c1-5-35-17-24(26(32-35)19-8-10-20(11-9-19)30-28(36)34(2)3)22-14-15-29-27-23(22)16-25(31-27)18-6-12-21(13-7-18)33-39(4,37)38/h6-17,33H,5H2,1-4H3,(H,29,31)(H,30,36). The van der Waals surface area contributed by atoms with E-state index >= 15 is 0 Å². The maximum Gasteiger partial charge on any atom is 0.321 e. The fraction of sp³-hybridized carbons (Fsp3) is 0.179. The van der Waals surface area contributed by atoms with Crippen LogP contribution in [0, 0.1) is 0 Å². The summed E-state index contributed by atoms with van der Waals surface area (Å²) in [5.41, 5.74) is 7.40. The number of urea groups is 1. The van der Waals surface area contributed by atoms with Gasteiger partial charge < -0.3 is 15.2 Å². The fourth-order valence-electron chi connectivity index (χ4n) is 4.29. The molecule has 0 bridgehead atoms. The maximum absolute atomic E-state index is 12.0. The number of benzene rings is 2. The Morgan fingerprint density at radius 3 is 2.28 bits per heavy atom. The number of carbonyl (C=O) groups excluding carboxylic acids is 1. The molecule has 0 saturated heterocycles. The predicted molar refractivity (Wildman–Crippen MR) is 155 cm³/mol. The lowest BCUT2D eigenvalue weighted by atomic mass is 10.00. The number of aromatic amines is 1. The molecule has 0 aliphatic heterocycles. The van der Waals surface area contributed by atoms with E-state index in [0.29, 0.717) is 17.9 Å². The average molecular weight is 544 g/mol. The van der Waals surface area contributed by atoms with E-state index in [-0.39, 0.29) is 6.03 Å². The Bertz CT molecular complexity index is 1750. The summed E-state index contributed by atoms with van der Waals surface area (Å²) in [6.45, 7) is 2.75. The van der Waals surface area contributed by atoms with Gasteiger partial charge in [-0.2, -0.15) is 5.10 Å². The van der Waals surface area contributed by atoms with Crippen LogP contribution in [0.3, 0.4) is 0 Å². The predicted octanol–water partition coefficient (Wildman–Crippen LogP) is 5.25. The molecule has 2 amide bonds. The summed E-state index contributed by atoms with van der Waals surface area (Å²) in [5.74, 6) is 0. The zero-order valence-electron chi connectivity index (χ0n) is 22.1. The Morgan fingerprint density at radius 1 is 0.974 bits per heavy atom. The first-order chi connectivity index (χ1) is 18.6. The number of aromatic nitrogens is 4. The highest BCUT2D eigenvalue weighted by Gasteiger charge is 2.17. The lowest BCUT2D eigenvalue weighted by molar-refractivity contribution is 0.230. The second kappa shape index (κ2) is 10.3. The lowest BCUT2D eigenvalue weighted by Crippen LogP contribution is -2.27. The maximum atomic E-state index is 12.0. The van der Waals surface area contributed by atoms with Gasteiger partial charge in [0.05, 0.1) is 6.26 Å². The van der Waals surface area contributed by atoms with Crippen molar-refractivity contribution in [2.75, 3.05) is 30.4 Å². The number of carbonyl (C=O) groups is 1. The lowest BCUT2D eigenvalue weighted by Gasteiger charge is -2.12. The third-order valence-electron chi connectivity index (χ3n) is 6.22. The highest BCUT2D eigenvalue weighted by Crippen LogP contribution is 2.37. The van der Waals surface area contributed by atoms with Crippen LogP contribution in [0.25, 0.3) is 44.7 Å². The molecule has 2 aromatic carbocycles. The van der Waals surface area contributed by atoms with Crippen molar-refractivity contribution in [3.8, 4) is 33.6 Å². The Morgan fingerprint density at radius 2 is 1.64 bits per heavy atom. The summed E-state index contributed by atoms with van der Waals surface area (Å²) in [7, 11) is 0.0438. The molecule has 11 heteroatoms. The van der Waals surface area contributed by atoms with Crippen molar-refractivity contribution in [1.29, 1.82) is 0 Å². The molecule has 200 valence electrons. The van der Waals surface area contributed by atoms with E-state index in [1.807, 2.05) is 66.3 Å². The van der Waals surface area contributed by atoms with Gasteiger partial charge in [-0.1, -0.05) is 24.3 Å². The van der Waals surface area contributed by atoms with Crippen molar-refractivity contribution in [2.24, 2.45) is 0 Å². The number of aryl methyl sites for hydroxylation is 1. The quantitative estimate of drug-likeness (QED) is 0.259. The normalized spacial score (nSPS) is 11.5. The van der Waals surface area contributed by atoms with Crippen LogP contribution in [0.15, 0.2) is 73.1 Å². The summed E-state index contributed by atoms with van der Waals surface area (Å²) in [6.07, 6.45) is 4.92. The van der Waals surface area contributed by atoms with Crippen LogP contribution in [-0.4, -0.2) is 59.4 Å². The second-order valence-corrected chi connectivity index (χ2v) is 11.2. The zero-order valence-corrected chi connectivity index (χ0v) is 22.9. The molecule has 0 atom stereocenters. The van der Waals surface area contributed by atoms with E-state index in [9.17, 15) is 13.2 Å². The largest absolute Gasteiger partial charge is 0.339 e. The number of rotatable bonds is 7. The minimum absolute atomic E-state index is 0.192. The number of amides is 2. The van der Waals surface area contributed by atoms with Crippen LogP contribution < -0.4 is 10.0 Å². The van der Waals surface area contributed by atoms with Gasteiger partial charge in [0.15, 0.2) is 0 Å². The van der Waals surface area contributed by atoms with Crippen molar-refractivity contribution in [1.82, 2.24) is 24.6 Å². The van der Waals surface area contributed by atoms with Gasteiger partial charge in [-0.25, -0.2) is 18.2 Å². The van der Waals surface area contributed by atoms with E-state index in [0.717, 1.165) is 50.9 Å². The van der Waals surface area contributed by atoms with E-state index in [2.05, 4.69) is 20.0 Å². The third-order valence-corrected chi connectivity index (χ3v) is 6.83. The Hall–Kier alpha value is -4.64. The van der Waals surface area contributed by atoms with Crippen molar-refractivity contribution in [2.45, 2.75) is 13.5 Å². The van der Waals surface area contributed by atoms with Gasteiger partial charge in [-0.05, 0) is 54.4 Å². The molecule has 5 rings (SSSR count). The van der Waals surface area contributed by atoms with E-state index in [1.165, 1.54) is 4.90 Å². The van der Waals surface area contributed by atoms with Gasteiger partial charge in [-0.15, -0.1) is 0 Å². The van der Waals surface area contributed by atoms with Crippen LogP contribution in [0.2, 0.25) is 0 Å². The van der Waals surface area contributed by atoms with Crippen LogP contribution in [0.5, 0.6) is 0 Å². The van der Waals surface area contributed by atoms with Crippen molar-refractivity contribution < 1.29 is 13.2 Å². The average Bonchev–Trinajstić information content (AvgIpc) is 3.53. The van der Waals surface area contributed by atoms with E-state index < -0.39 is 10.0 Å². The summed E-state index contributed by atoms with van der Waals surface area (Å²) in [5, 5.41) is 8.64. The number of hydrogen-bond acceptors (Lipinski definition) is 5. The van der Waals surface area contributed by atoms with E-state index in [1.54, 1.807) is 32.4 Å². The van der Waals surface area contributed by atoms with Gasteiger partial charge in [0.25, 0.3) is 0 Å². The number of sulfonamides is 1. The first-order valence-electron chi connectivity index (χ1n) is 12.3. The highest BCUT2D eigenvalue weighted by atomic mass is 32.2. The van der Waals surface area contributed by atoms with Gasteiger partial charge in [-0.3, -0.25) is 9.40 Å². The molecule has 0 saturated carbocycles. The highest BCUT2D eigenvalue weighted by molar-refractivity contribution is 7.92. The van der Waals surface area contributed by atoms with Gasteiger partial charge in [0.1, 0.15) is 11.3 Å². The molecule has 3 aromatic heterocycles. The first-order valence-corrected chi connectivity index (χ1v) is 14.2. The molecule has 0 aliphatic carbocycles. The smallest absolute Gasteiger partial charge is 0.321 e. The summed E-state index contributed by atoms with van der Waals surface area (Å²) >= 11 is 0. The monoisotopic (exact) mass is 543 g/mol. The second-order valence-electron chi connectivity index (χ2n) is 9.40. The third kappa shape index (κ3) is 5.63. The van der Waals surface area contributed by atoms with Crippen molar-refractivity contribution in [3.63, 3.8) is 0 Å². The number of nitrogens with one attached hydrogen (secondary N) is 3. The molecule has 39 heavy (non-hydrogen) atoms. The van der Waals surface area contributed by atoms with Crippen LogP contribution in [0.4, 0.5) is 16.2 Å². The molecule has 3 N–H and O–H groups in total. The number of anilines is 2. The number of hydrogen-bond donors (Lipinski definition) is 3. The van der Waals surface area contributed by atoms with E-state index in [4.69, 9.17) is 5.10 Å². The summed E-state index contributed by atoms with van der Waals surface area (Å²) < 4.78 is 27.4. The topological polar surface area (TPSA) is 125 Å². The number of H-pyrrole nitrogens is 1. The molecule has 3 heterocycles. The number of nitrogens with zero attached hydrogens (tertiary/aromatic N) is 4. The number of pyridine rings is 1. The molecule has 0 unspecified atom stereocenters. The Kier molecular flexibility index (Phi) is 6.83. The molecule has 0 spiro atoms. The summed E-state index contributed by atoms with van der Waals surface area (Å²) in [6, 6.07) is 18.6. The molecular weight excluding hydrogens is 514 g/mol. The summed E-state index contributed by atoms with van der Waals surface area (Å²) in [4.78, 5) is 21.4. The van der Waals surface area contributed by atoms with Gasteiger partial charge >= 0.3 is 6.03 Å². The number of fused-ring (bicyclic) bond motifs is 1. The molecule has 0 aliphatic rings. The van der Waals surface area contributed by atoms with Crippen LogP contribution in [0.1, 0.15) is 6.92 Å². The van der Waals surface area contributed by atoms with Crippen molar-refractivity contribution >= 4 is 38.5 Å². The molecule has 10 nitrogen and oxygen atoms in total. The molecular formula is C28H29N7O3S. The zero-order chi connectivity index (χ0) is 27.7. The minimum Gasteiger partial charge on any atom is -0.339 e. The van der Waals surface area contributed by atoms with Crippen LogP contribution in [-0.2, 0) is 16.6 Å². The van der Waals surface area contributed by atoms with Gasteiger partial charge in [0, 0.05) is 66.6 Å². The molecule has 0 radical (unpaired) electrons. The first kappa shape index (κ1) is 26.0. The van der Waals surface area contributed by atoms with Crippen molar-refractivity contribution in [3.05, 3.63) is 73.1 Å². The Labute approximate surface area is 226 Å². The minimum atomic E-state index is -3.35. The molecule has 5 aromatic rings. The Balaban J connectivity index is 1.52. The fourth-order valence-corrected chi connectivity index (χ4v) is 4.85. The van der Waals surface area contributed by atoms with Gasteiger partial charge in [0.2, 0.25) is 10.0 Å². The van der Waals surface area contributed by atoms with Crippen LogP contribution >= 0.6 is 0 Å². The molecule has 0 fully saturated rings. The SMILES string of the molecule is CCn1cc(-c2ccnc3[nH]c(-c4ccc(NS(C)(=O)=O)cc4)cc23)c(-c2ccc(NC(=O)N(C)C)cc2)n1.